The summed E-state index contributed by atoms with van der Waals surface area (Å²) in [6.45, 7) is 3.29. The lowest BCUT2D eigenvalue weighted by atomic mass is 10.1. The van der Waals surface area contributed by atoms with Gasteiger partial charge in [0.25, 0.3) is 0 Å². The highest BCUT2D eigenvalue weighted by Crippen LogP contribution is 2.10. The highest BCUT2D eigenvalue weighted by atomic mass is 32.1. The fourth-order valence-electron chi connectivity index (χ4n) is 1.51. The molecule has 0 aromatic carbocycles. The van der Waals surface area contributed by atoms with E-state index in [4.69, 9.17) is 5.11 Å². The summed E-state index contributed by atoms with van der Waals surface area (Å²) < 4.78 is 0. The SMILES string of the molecule is Cc1cnccc1CNCc1csc(C(=O)O)n1. The summed E-state index contributed by atoms with van der Waals surface area (Å²) in [5.41, 5.74) is 3.07. The van der Waals surface area contributed by atoms with Crippen LogP contribution in [-0.4, -0.2) is 21.0 Å². The van der Waals surface area contributed by atoms with Crippen LogP contribution in [0.3, 0.4) is 0 Å². The predicted octanol–water partition coefficient (Wildman–Crippen LogP) is 1.83. The Bertz CT molecular complexity index is 554. The Kier molecular flexibility index (Phi) is 4.01. The molecule has 0 aliphatic rings. The van der Waals surface area contributed by atoms with Crippen molar-refractivity contribution in [2.24, 2.45) is 0 Å². The lowest BCUT2D eigenvalue weighted by Crippen LogP contribution is -2.14. The molecule has 0 amide bonds. The average molecular weight is 263 g/mol. The van der Waals surface area contributed by atoms with E-state index >= 15 is 0 Å². The first-order valence-corrected chi connectivity index (χ1v) is 6.32. The zero-order valence-electron chi connectivity index (χ0n) is 9.88. The first-order valence-electron chi connectivity index (χ1n) is 5.44. The van der Waals surface area contributed by atoms with E-state index in [2.05, 4.69) is 15.3 Å². The molecular weight excluding hydrogens is 250 g/mol. The zero-order valence-corrected chi connectivity index (χ0v) is 10.7. The molecule has 2 aromatic rings. The molecule has 0 spiro atoms. The Morgan fingerprint density at radius 2 is 2.33 bits per heavy atom. The Morgan fingerprint density at radius 1 is 1.50 bits per heavy atom. The van der Waals surface area contributed by atoms with Crippen LogP contribution in [0, 0.1) is 6.92 Å². The number of aryl methyl sites for hydroxylation is 1. The molecular formula is C12H13N3O2S. The number of hydrogen-bond acceptors (Lipinski definition) is 5. The van der Waals surface area contributed by atoms with Gasteiger partial charge in [0.05, 0.1) is 5.69 Å². The van der Waals surface area contributed by atoms with Crippen LogP contribution in [0.5, 0.6) is 0 Å². The molecule has 2 N–H and O–H groups in total. The zero-order chi connectivity index (χ0) is 13.0. The monoisotopic (exact) mass is 263 g/mol. The quantitative estimate of drug-likeness (QED) is 0.860. The average Bonchev–Trinajstić information content (AvgIpc) is 2.80. The lowest BCUT2D eigenvalue weighted by molar-refractivity contribution is 0.0696. The second-order valence-electron chi connectivity index (χ2n) is 3.85. The first kappa shape index (κ1) is 12.7. The van der Waals surface area contributed by atoms with Crippen LogP contribution in [0.15, 0.2) is 23.8 Å². The van der Waals surface area contributed by atoms with E-state index in [-0.39, 0.29) is 5.01 Å². The van der Waals surface area contributed by atoms with Crippen LogP contribution >= 0.6 is 11.3 Å². The largest absolute Gasteiger partial charge is 0.476 e. The van der Waals surface area contributed by atoms with E-state index < -0.39 is 5.97 Å². The van der Waals surface area contributed by atoms with Gasteiger partial charge in [-0.3, -0.25) is 4.98 Å². The maximum atomic E-state index is 10.7. The molecule has 0 saturated heterocycles. The highest BCUT2D eigenvalue weighted by molar-refractivity contribution is 7.11. The maximum Gasteiger partial charge on any atom is 0.365 e. The highest BCUT2D eigenvalue weighted by Gasteiger charge is 2.08. The smallest absolute Gasteiger partial charge is 0.365 e. The first-order chi connectivity index (χ1) is 8.66. The summed E-state index contributed by atoms with van der Waals surface area (Å²) in [6, 6.07) is 1.96. The molecule has 94 valence electrons. The van der Waals surface area contributed by atoms with E-state index in [1.165, 1.54) is 5.56 Å². The van der Waals surface area contributed by atoms with Crippen LogP contribution in [0.2, 0.25) is 0 Å². The standard InChI is InChI=1S/C12H13N3O2S/c1-8-4-13-3-2-9(8)5-14-6-10-7-18-11(15-10)12(16)17/h2-4,7,14H,5-6H2,1H3,(H,16,17). The van der Waals surface area contributed by atoms with Gasteiger partial charge in [-0.05, 0) is 24.1 Å². The molecule has 2 aromatic heterocycles. The molecule has 0 aliphatic heterocycles. The minimum atomic E-state index is -0.976. The van der Waals surface area contributed by atoms with Crippen LogP contribution < -0.4 is 5.32 Å². The summed E-state index contributed by atoms with van der Waals surface area (Å²) in [5, 5.41) is 13.9. The number of carbonyl (C=O) groups is 1. The normalized spacial score (nSPS) is 10.5. The van der Waals surface area contributed by atoms with Gasteiger partial charge in [0, 0.05) is 30.9 Å². The number of rotatable bonds is 5. The molecule has 6 heteroatoms. The molecule has 5 nitrogen and oxygen atoms in total. The van der Waals surface area contributed by atoms with Gasteiger partial charge in [-0.1, -0.05) is 0 Å². The van der Waals surface area contributed by atoms with Gasteiger partial charge in [-0.2, -0.15) is 0 Å². The van der Waals surface area contributed by atoms with Crippen molar-refractivity contribution in [3.05, 3.63) is 45.7 Å². The molecule has 18 heavy (non-hydrogen) atoms. The maximum absolute atomic E-state index is 10.7. The van der Waals surface area contributed by atoms with Crippen LogP contribution in [-0.2, 0) is 13.1 Å². The van der Waals surface area contributed by atoms with Gasteiger partial charge < -0.3 is 10.4 Å². The van der Waals surface area contributed by atoms with Crippen molar-refractivity contribution in [3.63, 3.8) is 0 Å². The van der Waals surface area contributed by atoms with Crippen molar-refractivity contribution in [1.82, 2.24) is 15.3 Å². The van der Waals surface area contributed by atoms with Crippen molar-refractivity contribution in [2.75, 3.05) is 0 Å². The van der Waals surface area contributed by atoms with E-state index in [0.29, 0.717) is 13.1 Å². The third-order valence-electron chi connectivity index (χ3n) is 2.49. The minimum Gasteiger partial charge on any atom is -0.476 e. The summed E-state index contributed by atoms with van der Waals surface area (Å²) in [5.74, 6) is -0.976. The molecule has 0 unspecified atom stereocenters. The third-order valence-corrected chi connectivity index (χ3v) is 3.37. The Balaban J connectivity index is 1.88. The Labute approximate surface area is 109 Å². The number of carboxylic acid groups (broad SMARTS) is 1. The molecule has 2 heterocycles. The number of hydrogen-bond donors (Lipinski definition) is 2. The number of pyridine rings is 1. The van der Waals surface area contributed by atoms with Crippen LogP contribution in [0.25, 0.3) is 0 Å². The molecule has 0 radical (unpaired) electrons. The second kappa shape index (κ2) is 5.70. The van der Waals surface area contributed by atoms with E-state index in [9.17, 15) is 4.79 Å². The Hall–Kier alpha value is -1.79. The van der Waals surface area contributed by atoms with Gasteiger partial charge in [0.2, 0.25) is 5.01 Å². The fraction of sp³-hybridized carbons (Fsp3) is 0.250. The summed E-state index contributed by atoms with van der Waals surface area (Å²) >= 11 is 1.15. The topological polar surface area (TPSA) is 75.1 Å². The van der Waals surface area contributed by atoms with Gasteiger partial charge in [-0.25, -0.2) is 9.78 Å². The predicted molar refractivity (Wildman–Crippen MR) is 68.6 cm³/mol. The Morgan fingerprint density at radius 3 is 3.00 bits per heavy atom. The van der Waals surface area contributed by atoms with Crippen molar-refractivity contribution in [2.45, 2.75) is 20.0 Å². The van der Waals surface area contributed by atoms with E-state index in [0.717, 1.165) is 22.6 Å². The number of aromatic carboxylic acids is 1. The van der Waals surface area contributed by atoms with Gasteiger partial charge in [0.15, 0.2) is 0 Å². The summed E-state index contributed by atoms with van der Waals surface area (Å²) in [7, 11) is 0. The van der Waals surface area contributed by atoms with Crippen molar-refractivity contribution in [3.8, 4) is 0 Å². The molecule has 0 atom stereocenters. The van der Waals surface area contributed by atoms with Crippen molar-refractivity contribution < 1.29 is 9.90 Å². The van der Waals surface area contributed by atoms with Crippen LogP contribution in [0.1, 0.15) is 26.6 Å². The summed E-state index contributed by atoms with van der Waals surface area (Å²) in [4.78, 5) is 18.7. The molecule has 0 aliphatic carbocycles. The van der Waals surface area contributed by atoms with Gasteiger partial charge >= 0.3 is 5.97 Å². The molecule has 0 fully saturated rings. The fourth-order valence-corrected chi connectivity index (χ4v) is 2.17. The number of nitrogens with zero attached hydrogens (tertiary/aromatic N) is 2. The van der Waals surface area contributed by atoms with Crippen molar-refractivity contribution >= 4 is 17.3 Å². The van der Waals surface area contributed by atoms with E-state index in [1.54, 1.807) is 11.6 Å². The van der Waals surface area contributed by atoms with Gasteiger partial charge in [-0.15, -0.1) is 11.3 Å². The number of carboxylic acids is 1. The number of nitrogens with one attached hydrogen (secondary N) is 1. The number of thiazole rings is 1. The van der Waals surface area contributed by atoms with Gasteiger partial charge in [0.1, 0.15) is 0 Å². The second-order valence-corrected chi connectivity index (χ2v) is 4.71. The number of aromatic nitrogens is 2. The van der Waals surface area contributed by atoms with Crippen molar-refractivity contribution in [1.29, 1.82) is 0 Å². The third kappa shape index (κ3) is 3.12. The summed E-state index contributed by atoms with van der Waals surface area (Å²) in [6.07, 6.45) is 3.58. The van der Waals surface area contributed by atoms with E-state index in [1.807, 2.05) is 19.2 Å². The molecule has 2 rings (SSSR count). The lowest BCUT2D eigenvalue weighted by Gasteiger charge is -2.05. The molecule has 0 bridgehead atoms. The van der Waals surface area contributed by atoms with Crippen LogP contribution in [0.4, 0.5) is 0 Å². The molecule has 0 saturated carbocycles. The minimum absolute atomic E-state index is 0.131.